The molecule has 4 rings (SSSR count). The number of imidazole rings is 1. The first kappa shape index (κ1) is 15.8. The summed E-state index contributed by atoms with van der Waals surface area (Å²) in [7, 11) is 1.65. The molecule has 128 valence electrons. The van der Waals surface area contributed by atoms with Crippen molar-refractivity contribution in [3.8, 4) is 22.6 Å². The highest BCUT2D eigenvalue weighted by Gasteiger charge is 2.11. The maximum Gasteiger partial charge on any atom is 0.271 e. The van der Waals surface area contributed by atoms with Gasteiger partial charge in [-0.2, -0.15) is 0 Å². The first-order valence-electron chi connectivity index (χ1n) is 8.02. The lowest BCUT2D eigenvalue weighted by molar-refractivity contribution is -0.384. The lowest BCUT2D eigenvalue weighted by Gasteiger charge is -2.09. The van der Waals surface area contributed by atoms with Crippen LogP contribution in [-0.4, -0.2) is 21.6 Å². The van der Waals surface area contributed by atoms with Gasteiger partial charge in [0.15, 0.2) is 0 Å². The van der Waals surface area contributed by atoms with Crippen LogP contribution in [0, 0.1) is 10.1 Å². The molecule has 1 heterocycles. The Labute approximate surface area is 149 Å². The van der Waals surface area contributed by atoms with Crippen molar-refractivity contribution in [1.82, 2.24) is 9.55 Å². The predicted octanol–water partition coefficient (Wildman–Crippen LogP) is 4.61. The van der Waals surface area contributed by atoms with Gasteiger partial charge in [0.1, 0.15) is 12.1 Å². The summed E-state index contributed by atoms with van der Waals surface area (Å²) in [6.07, 6.45) is 1.68. The molecule has 0 aliphatic rings. The average Bonchev–Trinajstić information content (AvgIpc) is 3.11. The van der Waals surface area contributed by atoms with Gasteiger partial charge in [0.05, 0.1) is 23.1 Å². The smallest absolute Gasteiger partial charge is 0.271 e. The second kappa shape index (κ2) is 6.33. The summed E-state index contributed by atoms with van der Waals surface area (Å²) in [5.41, 5.74) is 4.47. The zero-order valence-corrected chi connectivity index (χ0v) is 14.0. The zero-order chi connectivity index (χ0) is 18.1. The number of ether oxygens (including phenoxy) is 1. The predicted molar refractivity (Wildman–Crippen MR) is 99.7 cm³/mol. The normalized spacial score (nSPS) is 10.8. The second-order valence-electron chi connectivity index (χ2n) is 5.83. The van der Waals surface area contributed by atoms with E-state index >= 15 is 0 Å². The monoisotopic (exact) mass is 345 g/mol. The van der Waals surface area contributed by atoms with Crippen molar-refractivity contribution in [3.63, 3.8) is 0 Å². The number of aromatic nitrogens is 2. The summed E-state index contributed by atoms with van der Waals surface area (Å²) in [5.74, 6) is 0.799. The van der Waals surface area contributed by atoms with Crippen LogP contribution in [-0.2, 0) is 0 Å². The number of nitrogens with zero attached hydrogens (tertiary/aromatic N) is 3. The van der Waals surface area contributed by atoms with Gasteiger partial charge >= 0.3 is 0 Å². The largest absolute Gasteiger partial charge is 0.497 e. The molecular formula is C20H15N3O3. The first-order valence-corrected chi connectivity index (χ1v) is 8.02. The second-order valence-corrected chi connectivity index (χ2v) is 5.83. The molecule has 0 N–H and O–H groups in total. The standard InChI is InChI=1S/C20H15N3O3/c1-26-18-7-3-5-15(11-18)14-4-2-6-16(10-14)22-13-21-19-12-17(23(24)25)8-9-20(19)22/h2-13H,1H3. The summed E-state index contributed by atoms with van der Waals surface area (Å²) in [5, 5.41) is 10.9. The molecule has 6 nitrogen and oxygen atoms in total. The number of hydrogen-bond donors (Lipinski definition) is 0. The number of nitro groups is 1. The van der Waals surface area contributed by atoms with Crippen molar-refractivity contribution in [3.05, 3.63) is 83.2 Å². The zero-order valence-electron chi connectivity index (χ0n) is 14.0. The molecule has 0 radical (unpaired) electrons. The van der Waals surface area contributed by atoms with Gasteiger partial charge in [-0.05, 0) is 41.5 Å². The van der Waals surface area contributed by atoms with Gasteiger partial charge in [-0.3, -0.25) is 14.7 Å². The van der Waals surface area contributed by atoms with E-state index in [0.29, 0.717) is 5.52 Å². The molecule has 4 aromatic rings. The van der Waals surface area contributed by atoms with Crippen LogP contribution < -0.4 is 4.74 Å². The fourth-order valence-electron chi connectivity index (χ4n) is 2.96. The Balaban J connectivity index is 1.79. The minimum absolute atomic E-state index is 0.0351. The van der Waals surface area contributed by atoms with Crippen LogP contribution in [0.5, 0.6) is 5.75 Å². The van der Waals surface area contributed by atoms with Crippen LogP contribution in [0.25, 0.3) is 27.8 Å². The van der Waals surface area contributed by atoms with Gasteiger partial charge in [-0.1, -0.05) is 24.3 Å². The van der Waals surface area contributed by atoms with Crippen LogP contribution in [0.2, 0.25) is 0 Å². The molecule has 3 aromatic carbocycles. The molecule has 0 saturated heterocycles. The molecular weight excluding hydrogens is 330 g/mol. The molecule has 1 aromatic heterocycles. The van der Waals surface area contributed by atoms with E-state index < -0.39 is 4.92 Å². The summed E-state index contributed by atoms with van der Waals surface area (Å²) < 4.78 is 7.22. The Kier molecular flexibility index (Phi) is 3.85. The van der Waals surface area contributed by atoms with E-state index in [2.05, 4.69) is 11.1 Å². The number of methoxy groups -OCH3 is 1. The number of benzene rings is 3. The molecule has 0 atom stereocenters. The average molecular weight is 345 g/mol. The summed E-state index contributed by atoms with van der Waals surface area (Å²) in [6, 6.07) is 20.6. The lowest BCUT2D eigenvalue weighted by Crippen LogP contribution is -1.93. The van der Waals surface area contributed by atoms with Crippen molar-refractivity contribution < 1.29 is 9.66 Å². The summed E-state index contributed by atoms with van der Waals surface area (Å²) >= 11 is 0. The Hall–Kier alpha value is -3.67. The maximum atomic E-state index is 10.9. The minimum Gasteiger partial charge on any atom is -0.497 e. The lowest BCUT2D eigenvalue weighted by atomic mass is 10.0. The van der Waals surface area contributed by atoms with Crippen LogP contribution in [0.15, 0.2) is 73.1 Å². The highest BCUT2D eigenvalue weighted by Crippen LogP contribution is 2.28. The van der Waals surface area contributed by atoms with Gasteiger partial charge < -0.3 is 4.74 Å². The number of rotatable bonds is 4. The Morgan fingerprint density at radius 3 is 2.54 bits per heavy atom. The molecule has 0 spiro atoms. The highest BCUT2D eigenvalue weighted by atomic mass is 16.6. The number of non-ortho nitro benzene ring substituents is 1. The Morgan fingerprint density at radius 1 is 1.00 bits per heavy atom. The van der Waals surface area contributed by atoms with E-state index in [0.717, 1.165) is 28.1 Å². The van der Waals surface area contributed by atoms with E-state index in [1.807, 2.05) is 47.0 Å². The Bertz CT molecular complexity index is 1120. The van der Waals surface area contributed by atoms with Crippen molar-refractivity contribution in [2.24, 2.45) is 0 Å². The van der Waals surface area contributed by atoms with Crippen molar-refractivity contribution >= 4 is 16.7 Å². The maximum absolute atomic E-state index is 10.9. The quantitative estimate of drug-likeness (QED) is 0.400. The minimum atomic E-state index is -0.415. The van der Waals surface area contributed by atoms with E-state index in [9.17, 15) is 10.1 Å². The van der Waals surface area contributed by atoms with Gasteiger partial charge in [0.25, 0.3) is 5.69 Å². The third-order valence-electron chi connectivity index (χ3n) is 4.27. The third-order valence-corrected chi connectivity index (χ3v) is 4.27. The molecule has 0 aliphatic carbocycles. The molecule has 6 heteroatoms. The van der Waals surface area contributed by atoms with E-state index in [-0.39, 0.29) is 5.69 Å². The molecule has 0 amide bonds. The van der Waals surface area contributed by atoms with Crippen LogP contribution in [0.4, 0.5) is 5.69 Å². The molecule has 0 bridgehead atoms. The molecule has 0 fully saturated rings. The molecule has 26 heavy (non-hydrogen) atoms. The van der Waals surface area contributed by atoms with Crippen LogP contribution in [0.3, 0.4) is 0 Å². The fraction of sp³-hybridized carbons (Fsp3) is 0.0500. The van der Waals surface area contributed by atoms with Crippen molar-refractivity contribution in [2.45, 2.75) is 0 Å². The van der Waals surface area contributed by atoms with E-state index in [4.69, 9.17) is 4.74 Å². The molecule has 0 unspecified atom stereocenters. The summed E-state index contributed by atoms with van der Waals surface area (Å²) in [4.78, 5) is 14.8. The van der Waals surface area contributed by atoms with Gasteiger partial charge in [0, 0.05) is 17.8 Å². The molecule has 0 saturated carbocycles. The fourth-order valence-corrected chi connectivity index (χ4v) is 2.96. The van der Waals surface area contributed by atoms with Gasteiger partial charge in [-0.15, -0.1) is 0 Å². The molecule has 0 aliphatic heterocycles. The van der Waals surface area contributed by atoms with Gasteiger partial charge in [-0.25, -0.2) is 4.98 Å². The highest BCUT2D eigenvalue weighted by molar-refractivity contribution is 5.80. The van der Waals surface area contributed by atoms with Gasteiger partial charge in [0.2, 0.25) is 0 Å². The van der Waals surface area contributed by atoms with Crippen molar-refractivity contribution in [1.29, 1.82) is 0 Å². The van der Waals surface area contributed by atoms with Crippen molar-refractivity contribution in [2.75, 3.05) is 7.11 Å². The SMILES string of the molecule is COc1cccc(-c2cccc(-n3cnc4cc([N+](=O)[O-])ccc43)c2)c1. The van der Waals surface area contributed by atoms with Crippen LogP contribution >= 0.6 is 0 Å². The number of hydrogen-bond acceptors (Lipinski definition) is 4. The Morgan fingerprint density at radius 2 is 1.77 bits per heavy atom. The van der Waals surface area contributed by atoms with Crippen LogP contribution in [0.1, 0.15) is 0 Å². The number of nitro benzene ring substituents is 1. The topological polar surface area (TPSA) is 70.2 Å². The third kappa shape index (κ3) is 2.77. The first-order chi connectivity index (χ1) is 12.7. The summed E-state index contributed by atoms with van der Waals surface area (Å²) in [6.45, 7) is 0. The number of fused-ring (bicyclic) bond motifs is 1. The van der Waals surface area contributed by atoms with E-state index in [1.54, 1.807) is 19.5 Å². The van der Waals surface area contributed by atoms with E-state index in [1.165, 1.54) is 12.1 Å².